The van der Waals surface area contributed by atoms with Crippen molar-refractivity contribution in [3.05, 3.63) is 12.2 Å². The molecule has 0 saturated heterocycles. The number of carboxylic acids is 1. The van der Waals surface area contributed by atoms with Gasteiger partial charge in [-0.05, 0) is 38.5 Å². The summed E-state index contributed by atoms with van der Waals surface area (Å²) in [6.07, 6.45) is 72.0. The molecule has 0 aromatic heterocycles. The van der Waals surface area contributed by atoms with Crippen LogP contribution in [0.3, 0.4) is 0 Å². The van der Waals surface area contributed by atoms with E-state index in [-0.39, 0.29) is 32.2 Å². The van der Waals surface area contributed by atoms with Gasteiger partial charge in [-0.1, -0.05) is 321 Å². The Balaban J connectivity index is 3.95. The van der Waals surface area contributed by atoms with E-state index < -0.39 is 24.3 Å². The molecule has 0 aliphatic rings. The molecule has 468 valence electrons. The van der Waals surface area contributed by atoms with Crippen molar-refractivity contribution >= 4 is 17.9 Å². The van der Waals surface area contributed by atoms with Gasteiger partial charge in [0.2, 0.25) is 0 Å². The van der Waals surface area contributed by atoms with E-state index in [1.165, 1.54) is 283 Å². The zero-order valence-electron chi connectivity index (χ0n) is 53.6. The standard InChI is InChI=1S/C70H135NO8/c1-6-8-10-12-14-16-18-20-22-24-26-27-28-29-30-31-32-33-34-35-36-37-38-39-40-41-42-43-45-46-48-50-52-54-56-58-60-67(72)77-64-66(65-78-70(69(74)75)76-63-62-71(3,4)5)79-68(73)61-59-57-55-53-51-49-47-44-25-23-21-19-17-15-13-11-9-7-2/h23,25,66,70H,6-22,24,26-65H2,1-5H3/p+1/b25-23-. The second-order valence-electron chi connectivity index (χ2n) is 25.2. The molecule has 79 heavy (non-hydrogen) atoms. The molecule has 0 heterocycles. The third kappa shape index (κ3) is 63.5. The zero-order chi connectivity index (χ0) is 57.6. The summed E-state index contributed by atoms with van der Waals surface area (Å²) < 4.78 is 23.0. The molecule has 0 amide bonds. The average Bonchev–Trinajstić information content (AvgIpc) is 3.42. The number of likely N-dealkylation sites (N-methyl/N-ethyl adjacent to an activating group) is 1. The monoisotopic (exact) mass is 1120 g/mol. The highest BCUT2D eigenvalue weighted by Gasteiger charge is 2.25. The number of aliphatic carboxylic acids is 1. The summed E-state index contributed by atoms with van der Waals surface area (Å²) >= 11 is 0. The highest BCUT2D eigenvalue weighted by atomic mass is 16.7. The van der Waals surface area contributed by atoms with E-state index in [4.69, 9.17) is 18.9 Å². The number of nitrogens with zero attached hydrogens (tertiary/aromatic N) is 1. The molecule has 0 fully saturated rings. The fraction of sp³-hybridized carbons (Fsp3) is 0.929. The molecule has 0 radical (unpaired) electrons. The van der Waals surface area contributed by atoms with E-state index in [1.54, 1.807) is 0 Å². The topological polar surface area (TPSA) is 108 Å². The van der Waals surface area contributed by atoms with Gasteiger partial charge in [0.25, 0.3) is 6.29 Å². The summed E-state index contributed by atoms with van der Waals surface area (Å²) in [5.41, 5.74) is 0. The van der Waals surface area contributed by atoms with Gasteiger partial charge in [-0.3, -0.25) is 9.59 Å². The average molecular weight is 1120 g/mol. The molecule has 0 aliphatic carbocycles. The number of hydrogen-bond acceptors (Lipinski definition) is 7. The van der Waals surface area contributed by atoms with Crippen LogP contribution in [0.25, 0.3) is 0 Å². The lowest BCUT2D eigenvalue weighted by atomic mass is 10.0. The van der Waals surface area contributed by atoms with Gasteiger partial charge in [0, 0.05) is 12.8 Å². The first-order valence-electron chi connectivity index (χ1n) is 34.9. The number of hydrogen-bond donors (Lipinski definition) is 1. The van der Waals surface area contributed by atoms with Gasteiger partial charge in [0.1, 0.15) is 13.2 Å². The normalized spacial score (nSPS) is 12.7. The number of allylic oxidation sites excluding steroid dienone is 2. The van der Waals surface area contributed by atoms with Crippen molar-refractivity contribution in [1.82, 2.24) is 0 Å². The summed E-state index contributed by atoms with van der Waals surface area (Å²) in [6, 6.07) is 0. The number of ether oxygens (including phenoxy) is 4. The van der Waals surface area contributed by atoms with E-state index in [9.17, 15) is 19.5 Å². The molecule has 9 nitrogen and oxygen atoms in total. The van der Waals surface area contributed by atoms with Gasteiger partial charge in [-0.2, -0.15) is 0 Å². The molecule has 2 atom stereocenters. The number of carboxylic acid groups (broad SMARTS) is 1. The Hall–Kier alpha value is -1.97. The van der Waals surface area contributed by atoms with Gasteiger partial charge in [0.05, 0.1) is 34.4 Å². The van der Waals surface area contributed by atoms with Crippen molar-refractivity contribution < 1.29 is 42.9 Å². The largest absolute Gasteiger partial charge is 0.477 e. The van der Waals surface area contributed by atoms with Crippen molar-refractivity contribution in [2.75, 3.05) is 47.5 Å². The Morgan fingerprint density at radius 2 is 0.646 bits per heavy atom. The molecular formula is C70H136NO8+. The van der Waals surface area contributed by atoms with Crippen LogP contribution >= 0.6 is 0 Å². The minimum Gasteiger partial charge on any atom is -0.477 e. The number of unbranched alkanes of at least 4 members (excludes halogenated alkanes) is 49. The fourth-order valence-corrected chi connectivity index (χ4v) is 10.7. The van der Waals surface area contributed by atoms with Gasteiger partial charge >= 0.3 is 17.9 Å². The van der Waals surface area contributed by atoms with Crippen molar-refractivity contribution in [3.63, 3.8) is 0 Å². The summed E-state index contributed by atoms with van der Waals surface area (Å²) in [5.74, 6) is -1.98. The first kappa shape index (κ1) is 77.0. The Morgan fingerprint density at radius 1 is 0.367 bits per heavy atom. The van der Waals surface area contributed by atoms with Crippen molar-refractivity contribution in [1.29, 1.82) is 0 Å². The first-order valence-corrected chi connectivity index (χ1v) is 34.9. The molecule has 0 saturated carbocycles. The van der Waals surface area contributed by atoms with Crippen LogP contribution in [0.5, 0.6) is 0 Å². The lowest BCUT2D eigenvalue weighted by molar-refractivity contribution is -0.870. The third-order valence-corrected chi connectivity index (χ3v) is 16.0. The first-order chi connectivity index (χ1) is 38.6. The SMILES string of the molecule is CCCCCCCCC/C=C\CCCCCCCCCC(=O)OC(COC(=O)CCCCCCCCCCCCCCCCCCCCCCCCCCCCCCCCCCCCCC)COC(OCC[N+](C)(C)C)C(=O)O. The molecule has 0 aliphatic heterocycles. The second-order valence-corrected chi connectivity index (χ2v) is 25.2. The van der Waals surface area contributed by atoms with E-state index in [1.807, 2.05) is 21.1 Å². The summed E-state index contributed by atoms with van der Waals surface area (Å²) in [4.78, 5) is 37.5. The van der Waals surface area contributed by atoms with Crippen LogP contribution in [-0.4, -0.2) is 87.4 Å². The second kappa shape index (κ2) is 62.1. The van der Waals surface area contributed by atoms with E-state index in [0.717, 1.165) is 51.4 Å². The Morgan fingerprint density at radius 3 is 0.937 bits per heavy atom. The molecule has 2 unspecified atom stereocenters. The van der Waals surface area contributed by atoms with Gasteiger partial charge in [-0.15, -0.1) is 0 Å². The summed E-state index contributed by atoms with van der Waals surface area (Å²) in [5, 5.41) is 9.72. The molecule has 0 aromatic carbocycles. The van der Waals surface area contributed by atoms with Crippen LogP contribution in [0.2, 0.25) is 0 Å². The predicted octanol–water partition coefficient (Wildman–Crippen LogP) is 21.3. The highest BCUT2D eigenvalue weighted by molar-refractivity contribution is 5.71. The van der Waals surface area contributed by atoms with Gasteiger partial charge in [0.15, 0.2) is 6.10 Å². The Kier molecular flexibility index (Phi) is 60.5. The lowest BCUT2D eigenvalue weighted by Crippen LogP contribution is -2.40. The number of esters is 2. The van der Waals surface area contributed by atoms with E-state index >= 15 is 0 Å². The van der Waals surface area contributed by atoms with Crippen LogP contribution in [0.4, 0.5) is 0 Å². The van der Waals surface area contributed by atoms with E-state index in [0.29, 0.717) is 17.4 Å². The maximum absolute atomic E-state index is 12.9. The Bertz CT molecular complexity index is 1300. The molecule has 1 N–H and O–H groups in total. The lowest BCUT2D eigenvalue weighted by Gasteiger charge is -2.25. The van der Waals surface area contributed by atoms with Crippen LogP contribution in [0, 0.1) is 0 Å². The minimum atomic E-state index is -1.51. The number of rotatable bonds is 66. The predicted molar refractivity (Wildman–Crippen MR) is 337 cm³/mol. The molecule has 0 aromatic rings. The minimum absolute atomic E-state index is 0.177. The number of quaternary nitrogens is 1. The van der Waals surface area contributed by atoms with Crippen molar-refractivity contribution in [2.24, 2.45) is 0 Å². The Labute approximate surface area is 491 Å². The number of carbonyl (C=O) groups is 3. The molecule has 0 rings (SSSR count). The molecule has 0 bridgehead atoms. The molecule has 0 spiro atoms. The maximum atomic E-state index is 12.9. The van der Waals surface area contributed by atoms with E-state index in [2.05, 4.69) is 26.0 Å². The van der Waals surface area contributed by atoms with Gasteiger partial charge < -0.3 is 28.5 Å². The summed E-state index contributed by atoms with van der Waals surface area (Å²) in [7, 11) is 5.99. The van der Waals surface area contributed by atoms with Crippen molar-refractivity contribution in [2.45, 2.75) is 373 Å². The fourth-order valence-electron chi connectivity index (χ4n) is 10.7. The smallest absolute Gasteiger partial charge is 0.361 e. The summed E-state index contributed by atoms with van der Waals surface area (Å²) in [6.45, 7) is 4.94. The van der Waals surface area contributed by atoms with Gasteiger partial charge in [-0.25, -0.2) is 4.79 Å². The maximum Gasteiger partial charge on any atom is 0.361 e. The van der Waals surface area contributed by atoms with Crippen LogP contribution in [-0.2, 0) is 33.3 Å². The highest BCUT2D eigenvalue weighted by Crippen LogP contribution is 2.19. The van der Waals surface area contributed by atoms with Crippen LogP contribution in [0.15, 0.2) is 12.2 Å². The number of carbonyl (C=O) groups excluding carboxylic acids is 2. The molecular weight excluding hydrogens is 983 g/mol. The van der Waals surface area contributed by atoms with Crippen LogP contribution < -0.4 is 0 Å². The van der Waals surface area contributed by atoms with Crippen LogP contribution in [0.1, 0.15) is 361 Å². The zero-order valence-corrected chi connectivity index (χ0v) is 53.6. The molecule has 9 heteroatoms. The van der Waals surface area contributed by atoms with Crippen molar-refractivity contribution in [3.8, 4) is 0 Å². The third-order valence-electron chi connectivity index (χ3n) is 16.0. The quantitative estimate of drug-likeness (QED) is 0.0211.